The SMILES string of the molecule is C=CC.CC.Cc1cc2c(cc1O)C1(COC1)Oc1cc(O)ccc1-2.Oc1ccc(-c2ccc(O)cc2)cc1. The summed E-state index contributed by atoms with van der Waals surface area (Å²) in [5.41, 5.74) is 5.22. The Balaban J connectivity index is 0.000000194. The second kappa shape index (κ2) is 12.9. The first-order valence-corrected chi connectivity index (χ1v) is 12.9. The molecule has 1 spiro atoms. The van der Waals surface area contributed by atoms with E-state index in [9.17, 15) is 10.2 Å². The molecule has 6 heteroatoms. The van der Waals surface area contributed by atoms with Crippen LogP contribution < -0.4 is 4.74 Å². The molecular weight excluding hydrogens is 492 g/mol. The third kappa shape index (κ3) is 6.54. The van der Waals surface area contributed by atoms with Gasteiger partial charge in [0.2, 0.25) is 0 Å². The van der Waals surface area contributed by atoms with Gasteiger partial charge in [-0.2, -0.15) is 0 Å². The van der Waals surface area contributed by atoms with Crippen molar-refractivity contribution in [3.63, 3.8) is 0 Å². The molecule has 0 aliphatic carbocycles. The third-order valence-electron chi connectivity index (χ3n) is 6.13. The number of rotatable bonds is 1. The van der Waals surface area contributed by atoms with E-state index in [1.54, 1.807) is 48.5 Å². The van der Waals surface area contributed by atoms with Gasteiger partial charge in [0, 0.05) is 17.2 Å². The van der Waals surface area contributed by atoms with Gasteiger partial charge in [-0.1, -0.05) is 44.2 Å². The number of benzene rings is 4. The zero-order chi connectivity index (χ0) is 28.6. The first-order valence-electron chi connectivity index (χ1n) is 12.9. The topological polar surface area (TPSA) is 99.4 Å². The molecule has 0 bridgehead atoms. The molecule has 1 fully saturated rings. The Morgan fingerprint density at radius 3 is 1.67 bits per heavy atom. The molecule has 204 valence electrons. The molecule has 0 saturated carbocycles. The van der Waals surface area contributed by atoms with Crippen molar-refractivity contribution in [1.82, 2.24) is 0 Å². The van der Waals surface area contributed by atoms with Crippen LogP contribution in [0.4, 0.5) is 0 Å². The lowest BCUT2D eigenvalue weighted by Crippen LogP contribution is -2.53. The highest BCUT2D eigenvalue weighted by Crippen LogP contribution is 2.50. The van der Waals surface area contributed by atoms with Crippen molar-refractivity contribution in [3.05, 3.63) is 103 Å². The minimum absolute atomic E-state index is 0.179. The van der Waals surface area contributed by atoms with Crippen LogP contribution in [0.2, 0.25) is 0 Å². The molecule has 1 saturated heterocycles. The van der Waals surface area contributed by atoms with E-state index in [-0.39, 0.29) is 23.0 Å². The standard InChI is InChI=1S/C16H14O4.C12H10O2.C3H6.C2H6/c1-9-4-12-11-3-2-10(17)5-15(11)20-16(7-19-8-16)13(12)6-14(9)18;13-11-5-1-9(2-6-11)10-3-7-12(14)8-4-10;1-3-2;1-2/h2-6,17-18H,7-8H2,1H3;1-8,13-14H;3H,1H2,2H3;1-2H3. The summed E-state index contributed by atoms with van der Waals surface area (Å²) in [6.45, 7) is 12.0. The molecule has 0 radical (unpaired) electrons. The predicted octanol–water partition coefficient (Wildman–Crippen LogP) is 7.67. The molecule has 6 rings (SSSR count). The lowest BCUT2D eigenvalue weighted by atomic mass is 9.81. The fourth-order valence-electron chi connectivity index (χ4n) is 4.19. The molecule has 0 amide bonds. The van der Waals surface area contributed by atoms with Gasteiger partial charge in [0.25, 0.3) is 0 Å². The lowest BCUT2D eigenvalue weighted by Gasteiger charge is -2.45. The molecule has 6 nitrogen and oxygen atoms in total. The van der Waals surface area contributed by atoms with Crippen LogP contribution in [0.5, 0.6) is 28.7 Å². The van der Waals surface area contributed by atoms with E-state index < -0.39 is 5.60 Å². The van der Waals surface area contributed by atoms with Gasteiger partial charge < -0.3 is 29.9 Å². The van der Waals surface area contributed by atoms with Gasteiger partial charge in [0.05, 0.1) is 13.2 Å². The molecule has 2 aliphatic heterocycles. The third-order valence-corrected chi connectivity index (χ3v) is 6.13. The molecule has 0 aromatic heterocycles. The number of hydrogen-bond acceptors (Lipinski definition) is 6. The Hall–Kier alpha value is -4.42. The number of fused-ring (bicyclic) bond motifs is 4. The van der Waals surface area contributed by atoms with Crippen molar-refractivity contribution >= 4 is 0 Å². The first-order chi connectivity index (χ1) is 18.8. The highest BCUT2D eigenvalue weighted by molar-refractivity contribution is 5.79. The molecule has 0 unspecified atom stereocenters. The second-order valence-corrected chi connectivity index (χ2v) is 8.96. The van der Waals surface area contributed by atoms with Gasteiger partial charge in [0.1, 0.15) is 28.7 Å². The van der Waals surface area contributed by atoms with E-state index in [4.69, 9.17) is 19.7 Å². The summed E-state index contributed by atoms with van der Waals surface area (Å²) in [6.07, 6.45) is 1.75. The molecule has 4 aromatic carbocycles. The average Bonchev–Trinajstić information content (AvgIpc) is 2.91. The van der Waals surface area contributed by atoms with E-state index in [1.165, 1.54) is 0 Å². The van der Waals surface area contributed by atoms with Crippen LogP contribution in [0.3, 0.4) is 0 Å². The highest BCUT2D eigenvalue weighted by Gasteiger charge is 2.48. The maximum absolute atomic E-state index is 9.98. The molecule has 0 atom stereocenters. The molecule has 4 aromatic rings. The Bertz CT molecular complexity index is 1340. The summed E-state index contributed by atoms with van der Waals surface area (Å²) in [5.74, 6) is 1.62. The zero-order valence-electron chi connectivity index (χ0n) is 22.8. The van der Waals surface area contributed by atoms with Crippen LogP contribution in [0.25, 0.3) is 22.3 Å². The zero-order valence-corrected chi connectivity index (χ0v) is 22.8. The lowest BCUT2D eigenvalue weighted by molar-refractivity contribution is -0.169. The molecule has 2 aliphatic rings. The molecule has 4 N–H and O–H groups in total. The Labute approximate surface area is 230 Å². The smallest absolute Gasteiger partial charge is 0.181 e. The van der Waals surface area contributed by atoms with Crippen molar-refractivity contribution in [2.24, 2.45) is 0 Å². The fourth-order valence-corrected chi connectivity index (χ4v) is 4.19. The Kier molecular flexibility index (Phi) is 9.63. The summed E-state index contributed by atoms with van der Waals surface area (Å²) >= 11 is 0. The van der Waals surface area contributed by atoms with Gasteiger partial charge in [-0.05, 0) is 84.6 Å². The van der Waals surface area contributed by atoms with Crippen LogP contribution in [0, 0.1) is 6.92 Å². The number of aromatic hydroxyl groups is 4. The largest absolute Gasteiger partial charge is 0.508 e. The van der Waals surface area contributed by atoms with Crippen LogP contribution in [-0.2, 0) is 10.3 Å². The van der Waals surface area contributed by atoms with E-state index in [0.29, 0.717) is 19.0 Å². The van der Waals surface area contributed by atoms with Crippen molar-refractivity contribution < 1.29 is 29.9 Å². The predicted molar refractivity (Wildman–Crippen MR) is 155 cm³/mol. The number of phenols is 4. The normalized spacial score (nSPS) is 13.2. The number of ether oxygens (including phenoxy) is 2. The number of hydrogen-bond donors (Lipinski definition) is 4. The highest BCUT2D eigenvalue weighted by atomic mass is 16.6. The van der Waals surface area contributed by atoms with Gasteiger partial charge >= 0.3 is 0 Å². The van der Waals surface area contributed by atoms with Crippen molar-refractivity contribution in [2.75, 3.05) is 13.2 Å². The van der Waals surface area contributed by atoms with Crippen LogP contribution in [-0.4, -0.2) is 33.6 Å². The number of allylic oxidation sites excluding steroid dienone is 1. The summed E-state index contributed by atoms with van der Waals surface area (Å²) in [5, 5.41) is 37.8. The van der Waals surface area contributed by atoms with E-state index >= 15 is 0 Å². The number of aryl methyl sites for hydroxylation is 1. The maximum atomic E-state index is 9.98. The average molecular weight is 529 g/mol. The molecule has 39 heavy (non-hydrogen) atoms. The van der Waals surface area contributed by atoms with E-state index in [1.807, 2.05) is 64.1 Å². The first kappa shape index (κ1) is 29.1. The van der Waals surface area contributed by atoms with Crippen LogP contribution in [0.1, 0.15) is 31.9 Å². The van der Waals surface area contributed by atoms with Gasteiger partial charge in [0.15, 0.2) is 5.60 Å². The number of phenolic OH excluding ortho intramolecular Hbond substituents is 4. The fraction of sp³-hybridized carbons (Fsp3) is 0.212. The van der Waals surface area contributed by atoms with E-state index in [2.05, 4.69) is 6.58 Å². The summed E-state index contributed by atoms with van der Waals surface area (Å²) < 4.78 is 11.4. The van der Waals surface area contributed by atoms with Gasteiger partial charge in [-0.3, -0.25) is 0 Å². The quantitative estimate of drug-likeness (QED) is 0.189. The van der Waals surface area contributed by atoms with Crippen LogP contribution >= 0.6 is 0 Å². The van der Waals surface area contributed by atoms with Crippen molar-refractivity contribution in [2.45, 2.75) is 33.3 Å². The molecule has 2 heterocycles. The van der Waals surface area contributed by atoms with Crippen molar-refractivity contribution in [1.29, 1.82) is 0 Å². The maximum Gasteiger partial charge on any atom is 0.181 e. The minimum atomic E-state index is -0.540. The van der Waals surface area contributed by atoms with Crippen LogP contribution in [0.15, 0.2) is 91.5 Å². The van der Waals surface area contributed by atoms with Gasteiger partial charge in [-0.15, -0.1) is 6.58 Å². The summed E-state index contributed by atoms with van der Waals surface area (Å²) in [7, 11) is 0. The summed E-state index contributed by atoms with van der Waals surface area (Å²) in [6, 6.07) is 22.7. The Morgan fingerprint density at radius 1 is 0.718 bits per heavy atom. The minimum Gasteiger partial charge on any atom is -0.508 e. The second-order valence-electron chi connectivity index (χ2n) is 8.96. The summed E-state index contributed by atoms with van der Waals surface area (Å²) in [4.78, 5) is 0. The monoisotopic (exact) mass is 528 g/mol. The van der Waals surface area contributed by atoms with Crippen molar-refractivity contribution in [3.8, 4) is 51.0 Å². The molecular formula is C33H36O6. The Morgan fingerprint density at radius 2 is 1.21 bits per heavy atom. The van der Waals surface area contributed by atoms with E-state index in [0.717, 1.165) is 33.4 Å². The van der Waals surface area contributed by atoms with Gasteiger partial charge in [-0.25, -0.2) is 0 Å².